The molecule has 4 rings (SSSR count). The van der Waals surface area contributed by atoms with Crippen LogP contribution in [0.3, 0.4) is 0 Å². The third kappa shape index (κ3) is 3.70. The van der Waals surface area contributed by atoms with Crippen LogP contribution in [0, 0.1) is 17.1 Å². The Morgan fingerprint density at radius 1 is 1.31 bits per heavy atom. The van der Waals surface area contributed by atoms with Gasteiger partial charge in [0.25, 0.3) is 5.56 Å². The third-order valence-electron chi connectivity index (χ3n) is 4.92. The van der Waals surface area contributed by atoms with E-state index in [9.17, 15) is 9.18 Å². The lowest BCUT2D eigenvalue weighted by atomic mass is 10.0. The minimum absolute atomic E-state index is 0.00210. The maximum atomic E-state index is 14.1. The van der Waals surface area contributed by atoms with Gasteiger partial charge in [0.05, 0.1) is 17.8 Å². The Hall–Kier alpha value is -3.64. The summed E-state index contributed by atoms with van der Waals surface area (Å²) in [4.78, 5) is 26.6. The van der Waals surface area contributed by atoms with E-state index in [0.29, 0.717) is 31.1 Å². The van der Waals surface area contributed by atoms with E-state index < -0.39 is 5.82 Å². The molecule has 1 atom stereocenters. The topological polar surface area (TPSA) is 99.7 Å². The van der Waals surface area contributed by atoms with Crippen LogP contribution < -0.4 is 15.8 Å². The van der Waals surface area contributed by atoms with Gasteiger partial charge in [-0.3, -0.25) is 9.36 Å². The first kappa shape index (κ1) is 18.7. The molecule has 0 spiro atoms. The van der Waals surface area contributed by atoms with Crippen molar-refractivity contribution in [2.45, 2.75) is 6.04 Å². The summed E-state index contributed by atoms with van der Waals surface area (Å²) in [5, 5.41) is 12.4. The van der Waals surface area contributed by atoms with Gasteiger partial charge in [0.2, 0.25) is 5.95 Å². The number of nitrogens with one attached hydrogen (secondary N) is 1. The number of hydrogen-bond acceptors (Lipinski definition) is 7. The number of halogens is 1. The molecule has 0 saturated carbocycles. The zero-order valence-electron chi connectivity index (χ0n) is 15.7. The number of nitrogens with zero attached hydrogens (tertiary/aromatic N) is 6. The van der Waals surface area contributed by atoms with Gasteiger partial charge in [-0.15, -0.1) is 0 Å². The SMILES string of the molecule is Cn1c(N2CCNC(c3ccc(C#N)cc3)C2)nc(-c2ncncc2F)cc1=O. The molecule has 9 heteroatoms. The first-order chi connectivity index (χ1) is 14.1. The Morgan fingerprint density at radius 2 is 2.10 bits per heavy atom. The van der Waals surface area contributed by atoms with Gasteiger partial charge in [0.15, 0.2) is 5.82 Å². The molecule has 3 aromatic rings. The van der Waals surface area contributed by atoms with Crippen LogP contribution in [0.15, 0.2) is 47.7 Å². The van der Waals surface area contributed by atoms with Crippen molar-refractivity contribution < 1.29 is 4.39 Å². The van der Waals surface area contributed by atoms with Crippen LogP contribution >= 0.6 is 0 Å². The predicted molar refractivity (Wildman–Crippen MR) is 105 cm³/mol. The van der Waals surface area contributed by atoms with Gasteiger partial charge in [-0.25, -0.2) is 19.3 Å². The quantitative estimate of drug-likeness (QED) is 0.720. The molecule has 0 radical (unpaired) electrons. The van der Waals surface area contributed by atoms with Gasteiger partial charge >= 0.3 is 0 Å². The number of anilines is 1. The smallest absolute Gasteiger partial charge is 0.255 e. The summed E-state index contributed by atoms with van der Waals surface area (Å²) < 4.78 is 15.6. The molecule has 29 heavy (non-hydrogen) atoms. The Kier molecular flexibility index (Phi) is 5.01. The van der Waals surface area contributed by atoms with Crippen molar-refractivity contribution >= 4 is 5.95 Å². The molecular formula is C20H18FN7O. The molecule has 1 aliphatic rings. The molecule has 0 aliphatic carbocycles. The number of aromatic nitrogens is 4. The molecule has 146 valence electrons. The van der Waals surface area contributed by atoms with E-state index in [1.807, 2.05) is 17.0 Å². The molecule has 0 bridgehead atoms. The molecule has 1 saturated heterocycles. The maximum Gasteiger partial charge on any atom is 0.255 e. The zero-order valence-corrected chi connectivity index (χ0v) is 15.7. The Balaban J connectivity index is 1.67. The normalized spacial score (nSPS) is 16.4. The highest BCUT2D eigenvalue weighted by molar-refractivity contribution is 5.56. The largest absolute Gasteiger partial charge is 0.339 e. The molecule has 1 aliphatic heterocycles. The van der Waals surface area contributed by atoms with Crippen LogP contribution in [-0.2, 0) is 7.05 Å². The van der Waals surface area contributed by atoms with Crippen LogP contribution in [0.1, 0.15) is 17.2 Å². The Morgan fingerprint density at radius 3 is 2.83 bits per heavy atom. The zero-order chi connectivity index (χ0) is 20.4. The second-order valence-electron chi connectivity index (χ2n) is 6.74. The van der Waals surface area contributed by atoms with E-state index in [1.165, 1.54) is 17.0 Å². The van der Waals surface area contributed by atoms with E-state index in [4.69, 9.17) is 5.26 Å². The molecule has 1 N–H and O–H groups in total. The summed E-state index contributed by atoms with van der Waals surface area (Å²) >= 11 is 0. The Bertz CT molecular complexity index is 1140. The highest BCUT2D eigenvalue weighted by atomic mass is 19.1. The first-order valence-corrected chi connectivity index (χ1v) is 9.09. The molecule has 3 heterocycles. The van der Waals surface area contributed by atoms with Crippen LogP contribution in [-0.4, -0.2) is 39.2 Å². The van der Waals surface area contributed by atoms with Crippen molar-refractivity contribution in [2.24, 2.45) is 7.05 Å². The number of hydrogen-bond donors (Lipinski definition) is 1. The summed E-state index contributed by atoms with van der Waals surface area (Å²) in [6, 6.07) is 10.8. The fourth-order valence-electron chi connectivity index (χ4n) is 3.38. The maximum absolute atomic E-state index is 14.1. The molecular weight excluding hydrogens is 373 g/mol. The fourth-order valence-corrected chi connectivity index (χ4v) is 3.38. The van der Waals surface area contributed by atoms with Crippen LogP contribution in [0.25, 0.3) is 11.4 Å². The van der Waals surface area contributed by atoms with Crippen LogP contribution in [0.5, 0.6) is 0 Å². The van der Waals surface area contributed by atoms with Crippen molar-refractivity contribution in [3.63, 3.8) is 0 Å². The number of nitriles is 1. The number of piperazine rings is 1. The average molecular weight is 391 g/mol. The first-order valence-electron chi connectivity index (χ1n) is 9.09. The van der Waals surface area contributed by atoms with Gasteiger partial charge in [-0.2, -0.15) is 5.26 Å². The highest BCUT2D eigenvalue weighted by Gasteiger charge is 2.24. The lowest BCUT2D eigenvalue weighted by molar-refractivity contribution is 0.462. The monoisotopic (exact) mass is 391 g/mol. The number of rotatable bonds is 3. The Labute approximate surface area is 166 Å². The molecule has 0 amide bonds. The molecule has 1 unspecified atom stereocenters. The summed E-state index contributed by atoms with van der Waals surface area (Å²) in [5.41, 5.74) is 1.52. The summed E-state index contributed by atoms with van der Waals surface area (Å²) in [6.45, 7) is 1.90. The van der Waals surface area contributed by atoms with Crippen molar-refractivity contribution in [1.29, 1.82) is 5.26 Å². The van der Waals surface area contributed by atoms with Gasteiger partial charge in [0.1, 0.15) is 17.7 Å². The molecule has 1 aromatic carbocycles. The lowest BCUT2D eigenvalue weighted by Gasteiger charge is -2.35. The molecule has 8 nitrogen and oxygen atoms in total. The molecule has 1 fully saturated rings. The minimum atomic E-state index is -0.630. The van der Waals surface area contributed by atoms with Crippen LogP contribution in [0.4, 0.5) is 10.3 Å². The second kappa shape index (κ2) is 7.77. The highest BCUT2D eigenvalue weighted by Crippen LogP contribution is 2.23. The summed E-state index contributed by atoms with van der Waals surface area (Å²) in [7, 11) is 1.64. The predicted octanol–water partition coefficient (Wildman–Crippen LogP) is 1.40. The summed E-state index contributed by atoms with van der Waals surface area (Å²) in [5.74, 6) is -0.180. The fraction of sp³-hybridized carbons (Fsp3) is 0.250. The van der Waals surface area contributed by atoms with E-state index in [-0.39, 0.29) is 23.0 Å². The van der Waals surface area contributed by atoms with E-state index in [0.717, 1.165) is 11.8 Å². The van der Waals surface area contributed by atoms with Gasteiger partial charge in [-0.05, 0) is 17.7 Å². The van der Waals surface area contributed by atoms with Gasteiger partial charge in [0, 0.05) is 38.8 Å². The van der Waals surface area contributed by atoms with Crippen LogP contribution in [0.2, 0.25) is 0 Å². The van der Waals surface area contributed by atoms with Crippen molar-refractivity contribution in [3.8, 4) is 17.5 Å². The van der Waals surface area contributed by atoms with Crippen molar-refractivity contribution in [2.75, 3.05) is 24.5 Å². The van der Waals surface area contributed by atoms with E-state index in [1.54, 1.807) is 19.2 Å². The van der Waals surface area contributed by atoms with Gasteiger partial charge in [-0.1, -0.05) is 12.1 Å². The summed E-state index contributed by atoms with van der Waals surface area (Å²) in [6.07, 6.45) is 2.27. The van der Waals surface area contributed by atoms with Gasteiger partial charge < -0.3 is 10.2 Å². The number of benzene rings is 1. The van der Waals surface area contributed by atoms with E-state index >= 15 is 0 Å². The standard InChI is InChI=1S/C20H18FN7O/c1-27-18(29)8-16(19-15(21)10-23-12-25-19)26-20(27)28-7-6-24-17(11-28)14-4-2-13(9-22)3-5-14/h2-5,8,10,12,17,24H,6-7,11H2,1H3. The third-order valence-corrected chi connectivity index (χ3v) is 4.92. The second-order valence-corrected chi connectivity index (χ2v) is 6.74. The molecule has 2 aromatic heterocycles. The lowest BCUT2D eigenvalue weighted by Crippen LogP contribution is -2.47. The minimum Gasteiger partial charge on any atom is -0.339 e. The van der Waals surface area contributed by atoms with Crippen molar-refractivity contribution in [1.82, 2.24) is 24.8 Å². The average Bonchev–Trinajstić information content (AvgIpc) is 2.76. The van der Waals surface area contributed by atoms with Crippen molar-refractivity contribution in [3.05, 3.63) is 70.2 Å². The van der Waals surface area contributed by atoms with E-state index in [2.05, 4.69) is 26.3 Å².